The lowest BCUT2D eigenvalue weighted by Gasteiger charge is -2.14. The zero-order chi connectivity index (χ0) is 19.2. The van der Waals surface area contributed by atoms with Crippen LogP contribution in [0.3, 0.4) is 0 Å². The van der Waals surface area contributed by atoms with E-state index in [0.29, 0.717) is 17.9 Å². The van der Waals surface area contributed by atoms with Crippen LogP contribution in [0.2, 0.25) is 0 Å². The number of hydrogen-bond donors (Lipinski definition) is 1. The van der Waals surface area contributed by atoms with Crippen molar-refractivity contribution in [2.75, 3.05) is 5.32 Å². The fourth-order valence-corrected chi connectivity index (χ4v) is 4.19. The van der Waals surface area contributed by atoms with Crippen LogP contribution >= 0.6 is 31.9 Å². The topological polar surface area (TPSA) is 21.3 Å². The highest BCUT2D eigenvalue weighted by atomic mass is 79.9. The summed E-state index contributed by atoms with van der Waals surface area (Å²) in [6.45, 7) is 3.01. The summed E-state index contributed by atoms with van der Waals surface area (Å²) in [4.78, 5) is 0. The highest BCUT2D eigenvalue weighted by Gasteiger charge is 2.11. The van der Waals surface area contributed by atoms with E-state index in [2.05, 4.69) is 68.4 Å². The van der Waals surface area contributed by atoms with Gasteiger partial charge >= 0.3 is 0 Å². The molecule has 0 unspecified atom stereocenters. The Labute approximate surface area is 176 Å². The molecule has 0 saturated carbocycles. The largest absolute Gasteiger partial charge is 0.486 e. The summed E-state index contributed by atoms with van der Waals surface area (Å²) in [6, 6.07) is 19.1. The van der Waals surface area contributed by atoms with E-state index in [9.17, 15) is 4.39 Å². The quantitative estimate of drug-likeness (QED) is 0.379. The Morgan fingerprint density at radius 2 is 1.59 bits per heavy atom. The summed E-state index contributed by atoms with van der Waals surface area (Å²) in [5, 5.41) is 3.42. The second kappa shape index (κ2) is 9.38. The molecule has 3 rings (SSSR count). The van der Waals surface area contributed by atoms with Crippen molar-refractivity contribution in [3.63, 3.8) is 0 Å². The molecule has 0 saturated heterocycles. The van der Waals surface area contributed by atoms with Gasteiger partial charge in [-0.3, -0.25) is 0 Å². The maximum absolute atomic E-state index is 13.8. The van der Waals surface area contributed by atoms with Crippen LogP contribution in [-0.2, 0) is 19.6 Å². The Kier molecular flexibility index (Phi) is 6.91. The molecule has 0 bridgehead atoms. The molecule has 0 radical (unpaired) electrons. The first-order valence-electron chi connectivity index (χ1n) is 8.73. The first-order valence-corrected chi connectivity index (χ1v) is 10.3. The van der Waals surface area contributed by atoms with E-state index >= 15 is 0 Å². The Morgan fingerprint density at radius 1 is 0.926 bits per heavy atom. The van der Waals surface area contributed by atoms with E-state index in [1.54, 1.807) is 18.2 Å². The van der Waals surface area contributed by atoms with Crippen LogP contribution in [0.4, 0.5) is 10.1 Å². The summed E-state index contributed by atoms with van der Waals surface area (Å²) in [5.41, 5.74) is 4.03. The molecular formula is C22H20Br2FNO. The first-order chi connectivity index (χ1) is 13.1. The molecule has 0 spiro atoms. The molecule has 3 aromatic carbocycles. The van der Waals surface area contributed by atoms with Gasteiger partial charge < -0.3 is 10.1 Å². The van der Waals surface area contributed by atoms with E-state index in [4.69, 9.17) is 4.74 Å². The molecule has 0 aromatic heterocycles. The van der Waals surface area contributed by atoms with Crippen LogP contribution in [0.1, 0.15) is 23.6 Å². The molecular weight excluding hydrogens is 473 g/mol. The number of rotatable bonds is 7. The van der Waals surface area contributed by atoms with Crippen LogP contribution in [0, 0.1) is 5.82 Å². The number of aryl methyl sites for hydroxylation is 1. The van der Waals surface area contributed by atoms with Gasteiger partial charge in [-0.25, -0.2) is 4.39 Å². The van der Waals surface area contributed by atoms with Crippen LogP contribution in [-0.4, -0.2) is 0 Å². The number of nitrogens with one attached hydrogen (secondary N) is 1. The molecule has 0 aliphatic carbocycles. The van der Waals surface area contributed by atoms with Gasteiger partial charge in [-0.05, 0) is 79.7 Å². The maximum Gasteiger partial charge on any atom is 0.148 e. The molecule has 0 amide bonds. The lowest BCUT2D eigenvalue weighted by Crippen LogP contribution is -2.02. The van der Waals surface area contributed by atoms with E-state index in [0.717, 1.165) is 26.6 Å². The Balaban J connectivity index is 1.66. The van der Waals surface area contributed by atoms with Crippen LogP contribution in [0.25, 0.3) is 0 Å². The van der Waals surface area contributed by atoms with Gasteiger partial charge in [0, 0.05) is 17.8 Å². The number of halogens is 3. The van der Waals surface area contributed by atoms with Crippen LogP contribution < -0.4 is 10.1 Å². The molecule has 0 aliphatic rings. The summed E-state index contributed by atoms with van der Waals surface area (Å²) >= 11 is 7.12. The molecule has 0 heterocycles. The van der Waals surface area contributed by atoms with Gasteiger partial charge in [-0.15, -0.1) is 0 Å². The smallest absolute Gasteiger partial charge is 0.148 e. The van der Waals surface area contributed by atoms with E-state index in [1.165, 1.54) is 11.6 Å². The molecule has 2 nitrogen and oxygen atoms in total. The fourth-order valence-electron chi connectivity index (χ4n) is 2.68. The van der Waals surface area contributed by atoms with Gasteiger partial charge in [0.05, 0.1) is 8.95 Å². The molecule has 27 heavy (non-hydrogen) atoms. The van der Waals surface area contributed by atoms with Crippen molar-refractivity contribution in [2.45, 2.75) is 26.5 Å². The van der Waals surface area contributed by atoms with E-state index in [1.807, 2.05) is 12.1 Å². The highest BCUT2D eigenvalue weighted by molar-refractivity contribution is 9.11. The Bertz CT molecular complexity index is 889. The predicted octanol–water partition coefficient (Wildman–Crippen LogP) is 7.10. The van der Waals surface area contributed by atoms with Gasteiger partial charge in [0.25, 0.3) is 0 Å². The zero-order valence-corrected chi connectivity index (χ0v) is 18.1. The molecule has 0 fully saturated rings. The minimum Gasteiger partial charge on any atom is -0.486 e. The summed E-state index contributed by atoms with van der Waals surface area (Å²) in [6.07, 6.45) is 1.04. The average Bonchev–Trinajstić information content (AvgIpc) is 2.67. The molecule has 3 aromatic rings. The van der Waals surface area contributed by atoms with Gasteiger partial charge in [0.15, 0.2) is 0 Å². The third-order valence-electron chi connectivity index (χ3n) is 4.25. The summed E-state index contributed by atoms with van der Waals surface area (Å²) in [7, 11) is 0. The van der Waals surface area contributed by atoms with Gasteiger partial charge in [0.1, 0.15) is 18.2 Å². The lowest BCUT2D eigenvalue weighted by atomic mass is 10.1. The average molecular weight is 493 g/mol. The normalized spacial score (nSPS) is 10.7. The number of hydrogen-bond acceptors (Lipinski definition) is 2. The lowest BCUT2D eigenvalue weighted by molar-refractivity contribution is 0.296. The van der Waals surface area contributed by atoms with Crippen molar-refractivity contribution in [3.8, 4) is 5.75 Å². The minimum atomic E-state index is -0.264. The molecule has 0 aliphatic heterocycles. The zero-order valence-electron chi connectivity index (χ0n) is 14.9. The number of ether oxygens (including phenoxy) is 1. The number of benzene rings is 3. The molecule has 1 N–H and O–H groups in total. The SMILES string of the molecule is CCc1ccc(NCc2cc(Br)c(OCc3ccccc3F)c(Br)c2)cc1. The molecule has 5 heteroatoms. The highest BCUT2D eigenvalue weighted by Crippen LogP contribution is 2.35. The van der Waals surface area contributed by atoms with Gasteiger partial charge in [0.2, 0.25) is 0 Å². The van der Waals surface area contributed by atoms with Gasteiger partial charge in [-0.2, -0.15) is 0 Å². The third-order valence-corrected chi connectivity index (χ3v) is 5.42. The Hall–Kier alpha value is -1.85. The van der Waals surface area contributed by atoms with Crippen molar-refractivity contribution < 1.29 is 9.13 Å². The van der Waals surface area contributed by atoms with Crippen molar-refractivity contribution in [1.29, 1.82) is 0 Å². The standard InChI is InChI=1S/C22H20Br2FNO/c1-2-15-7-9-18(10-8-15)26-13-16-11-19(23)22(20(24)12-16)27-14-17-5-3-4-6-21(17)25/h3-12,26H,2,13-14H2,1H3. The first kappa shape index (κ1) is 19.9. The second-order valence-corrected chi connectivity index (χ2v) is 7.88. The summed E-state index contributed by atoms with van der Waals surface area (Å²) in [5.74, 6) is 0.397. The molecule has 140 valence electrons. The number of anilines is 1. The van der Waals surface area contributed by atoms with Crippen molar-refractivity contribution in [2.24, 2.45) is 0 Å². The maximum atomic E-state index is 13.8. The van der Waals surface area contributed by atoms with Crippen LogP contribution in [0.5, 0.6) is 5.75 Å². The van der Waals surface area contributed by atoms with Crippen molar-refractivity contribution in [1.82, 2.24) is 0 Å². The van der Waals surface area contributed by atoms with Crippen LogP contribution in [0.15, 0.2) is 69.6 Å². The van der Waals surface area contributed by atoms with Crippen molar-refractivity contribution in [3.05, 3.63) is 92.1 Å². The van der Waals surface area contributed by atoms with Gasteiger partial charge in [-0.1, -0.05) is 37.3 Å². The predicted molar refractivity (Wildman–Crippen MR) is 116 cm³/mol. The second-order valence-electron chi connectivity index (χ2n) is 6.17. The minimum absolute atomic E-state index is 0.172. The Morgan fingerprint density at radius 3 is 2.22 bits per heavy atom. The molecule has 0 atom stereocenters. The van der Waals surface area contributed by atoms with E-state index in [-0.39, 0.29) is 12.4 Å². The van der Waals surface area contributed by atoms with Crippen molar-refractivity contribution >= 4 is 37.5 Å². The summed E-state index contributed by atoms with van der Waals surface area (Å²) < 4.78 is 21.2. The van der Waals surface area contributed by atoms with E-state index < -0.39 is 0 Å². The fraction of sp³-hybridized carbons (Fsp3) is 0.182. The monoisotopic (exact) mass is 491 g/mol. The third kappa shape index (κ3) is 5.33.